The normalized spacial score (nSPS) is 12.7. The molecule has 0 aliphatic rings. The topological polar surface area (TPSA) is 0 Å². The molecule has 494 valence electrons. The van der Waals surface area contributed by atoms with Crippen molar-refractivity contribution in [2.24, 2.45) is 11.8 Å². The summed E-state index contributed by atoms with van der Waals surface area (Å²) in [7, 11) is 0. The number of rotatable bonds is 48. The second kappa shape index (κ2) is 40.1. The van der Waals surface area contributed by atoms with Crippen molar-refractivity contribution in [3.8, 4) is 39.7 Å². The zero-order valence-corrected chi connectivity index (χ0v) is 62.2. The van der Waals surface area contributed by atoms with Crippen LogP contribution in [-0.4, -0.2) is 0 Å². The van der Waals surface area contributed by atoms with Gasteiger partial charge in [0.2, 0.25) is 0 Å². The fourth-order valence-corrected chi connectivity index (χ4v) is 21.0. The minimum atomic E-state index is 0.728. The zero-order chi connectivity index (χ0) is 63.2. The molecule has 0 fully saturated rings. The van der Waals surface area contributed by atoms with E-state index in [9.17, 15) is 0 Å². The van der Waals surface area contributed by atoms with E-state index < -0.39 is 0 Å². The SMILES string of the molecule is CCCCCCCCCCCCC(CCCCCCCCCC)Cc1cc(C)sc1-c1ccc(-c2ccc(-c3sc(-c4ccc5c(ccc6c7ccc8cc(C)ccc8c7sc56)c4)cc3CC(CCCCCCCCCC)CCCCCCCCCCCC)s2)s1. The predicted octanol–water partition coefficient (Wildman–Crippen LogP) is 31.9. The van der Waals surface area contributed by atoms with E-state index in [1.165, 1.54) is 357 Å². The van der Waals surface area contributed by atoms with Gasteiger partial charge in [0.25, 0.3) is 0 Å². The molecule has 0 amide bonds. The average molecular weight is 1310 g/mol. The number of aryl methyl sites for hydroxylation is 2. The highest BCUT2D eigenvalue weighted by atomic mass is 32.1. The lowest BCUT2D eigenvalue weighted by molar-refractivity contribution is 0.400. The highest BCUT2D eigenvalue weighted by Crippen LogP contribution is 2.49. The molecule has 0 aliphatic heterocycles. The van der Waals surface area contributed by atoms with Crippen LogP contribution in [-0.2, 0) is 12.8 Å². The van der Waals surface area contributed by atoms with Crippen molar-refractivity contribution in [1.29, 1.82) is 0 Å². The summed E-state index contributed by atoms with van der Waals surface area (Å²) in [5.74, 6) is 1.52. The van der Waals surface area contributed by atoms with Crippen molar-refractivity contribution < 1.29 is 0 Å². The molecule has 2 unspecified atom stereocenters. The molecule has 0 saturated heterocycles. The molecule has 2 atom stereocenters. The van der Waals surface area contributed by atoms with Gasteiger partial charge in [-0.3, -0.25) is 0 Å². The van der Waals surface area contributed by atoms with Crippen LogP contribution >= 0.6 is 56.7 Å². The van der Waals surface area contributed by atoms with Crippen LogP contribution in [0.15, 0.2) is 97.1 Å². The van der Waals surface area contributed by atoms with Gasteiger partial charge in [0.1, 0.15) is 0 Å². The van der Waals surface area contributed by atoms with Gasteiger partial charge in [0.15, 0.2) is 0 Å². The lowest BCUT2D eigenvalue weighted by Crippen LogP contribution is -2.05. The van der Waals surface area contributed by atoms with Gasteiger partial charge in [-0.2, -0.15) is 0 Å². The largest absolute Gasteiger partial charge is 0.139 e. The third-order valence-electron chi connectivity index (χ3n) is 20.4. The van der Waals surface area contributed by atoms with Gasteiger partial charge in [0, 0.05) is 59.2 Å². The van der Waals surface area contributed by atoms with Crippen LogP contribution in [0.5, 0.6) is 0 Å². The van der Waals surface area contributed by atoms with E-state index in [0.717, 1.165) is 11.8 Å². The van der Waals surface area contributed by atoms with Crippen molar-refractivity contribution in [1.82, 2.24) is 0 Å². The molecule has 0 spiro atoms. The van der Waals surface area contributed by atoms with Gasteiger partial charge >= 0.3 is 0 Å². The summed E-state index contributed by atoms with van der Waals surface area (Å²) in [5.41, 5.74) is 5.91. The highest BCUT2D eigenvalue weighted by molar-refractivity contribution is 7.29. The van der Waals surface area contributed by atoms with Crippen LogP contribution in [0.3, 0.4) is 0 Å². The van der Waals surface area contributed by atoms with Gasteiger partial charge in [-0.25, -0.2) is 0 Å². The Balaban J connectivity index is 0.949. The summed E-state index contributed by atoms with van der Waals surface area (Å²) < 4.78 is 2.83. The Hall–Kier alpha value is -3.58. The van der Waals surface area contributed by atoms with E-state index in [0.29, 0.717) is 0 Å². The van der Waals surface area contributed by atoms with Gasteiger partial charge < -0.3 is 0 Å². The first-order valence-corrected chi connectivity index (χ1v) is 42.1. The Morgan fingerprint density at radius 3 is 1.05 bits per heavy atom. The quantitative estimate of drug-likeness (QED) is 0.0334. The van der Waals surface area contributed by atoms with Crippen LogP contribution in [0.2, 0.25) is 0 Å². The summed E-state index contributed by atoms with van der Waals surface area (Å²) >= 11 is 10.2. The molecule has 0 nitrogen and oxygen atoms in total. The Kier molecular flexibility index (Phi) is 31.6. The Bertz CT molecular complexity index is 3470. The van der Waals surface area contributed by atoms with E-state index >= 15 is 0 Å². The molecule has 0 saturated carbocycles. The smallest absolute Gasteiger partial charge is 0.0481 e. The number of benzene rings is 4. The fourth-order valence-electron chi connectivity index (χ4n) is 15.0. The molecule has 0 bridgehead atoms. The lowest BCUT2D eigenvalue weighted by atomic mass is 9.88. The molecular formula is C86H120S5. The first-order chi connectivity index (χ1) is 44.8. The van der Waals surface area contributed by atoms with E-state index in [-0.39, 0.29) is 0 Å². The third kappa shape index (κ3) is 22.2. The van der Waals surface area contributed by atoms with Crippen molar-refractivity contribution >= 4 is 98.4 Å². The molecule has 5 heterocycles. The number of hydrogen-bond donors (Lipinski definition) is 0. The number of unbranched alkanes of at least 4 members (excludes halogenated alkanes) is 32. The first kappa shape index (κ1) is 71.7. The molecule has 0 aliphatic carbocycles. The zero-order valence-electron chi connectivity index (χ0n) is 58.1. The molecule has 4 aromatic carbocycles. The monoisotopic (exact) mass is 1310 g/mol. The fraction of sp³-hybridized carbons (Fsp3) is 0.581. The maximum absolute atomic E-state index is 2.66. The van der Waals surface area contributed by atoms with Crippen molar-refractivity contribution in [2.75, 3.05) is 0 Å². The molecule has 5 heteroatoms. The molecular weight excluding hydrogens is 1190 g/mol. The van der Waals surface area contributed by atoms with Crippen LogP contribution in [0.1, 0.15) is 306 Å². The van der Waals surface area contributed by atoms with Crippen LogP contribution in [0, 0.1) is 25.7 Å². The van der Waals surface area contributed by atoms with E-state index in [2.05, 4.69) is 184 Å². The standard InChI is InChI=1S/C86H120S5/c1-7-11-15-19-23-27-29-33-37-40-44-67(43-39-35-31-25-21-17-13-9-3)61-72-60-66(6)87-83(72)80-57-55-78(88-80)79-56-58-81(89-79)84-73(62-68(45-41-36-32-26-22-18-14-10-4)46-42-38-34-30-28-24-20-16-12-8-2)64-82(90-84)71-50-52-75-70(63-71)49-54-77-76-53-48-69-59-65(5)47-51-74(69)85(76)91-86(75)77/h47-60,63-64,67-68H,7-46,61-62H2,1-6H3. The minimum Gasteiger partial charge on any atom is -0.139 e. The number of thiophene rings is 5. The highest BCUT2D eigenvalue weighted by Gasteiger charge is 2.22. The molecule has 9 rings (SSSR count). The van der Waals surface area contributed by atoms with Gasteiger partial charge in [0.05, 0.1) is 0 Å². The first-order valence-electron chi connectivity index (χ1n) is 38.0. The molecule has 5 aromatic heterocycles. The number of fused-ring (bicyclic) bond motifs is 7. The van der Waals surface area contributed by atoms with Crippen molar-refractivity contribution in [3.05, 3.63) is 119 Å². The van der Waals surface area contributed by atoms with Gasteiger partial charge in [-0.15, -0.1) is 56.7 Å². The van der Waals surface area contributed by atoms with Crippen molar-refractivity contribution in [2.45, 2.75) is 311 Å². The predicted molar refractivity (Wildman–Crippen MR) is 419 cm³/mol. The summed E-state index contributed by atoms with van der Waals surface area (Å²) in [6.07, 6.45) is 58.7. The Labute approximate surface area is 575 Å². The molecule has 0 radical (unpaired) electrons. The summed E-state index contributed by atoms with van der Waals surface area (Å²) in [4.78, 5) is 11.8. The number of hydrogen-bond acceptors (Lipinski definition) is 5. The molecule has 0 N–H and O–H groups in total. The summed E-state index contributed by atoms with van der Waals surface area (Å²) in [6.45, 7) is 13.9. The van der Waals surface area contributed by atoms with E-state index in [1.54, 1.807) is 16.0 Å². The Morgan fingerprint density at radius 2 is 0.626 bits per heavy atom. The molecule has 91 heavy (non-hydrogen) atoms. The van der Waals surface area contributed by atoms with Gasteiger partial charge in [-0.1, -0.05) is 345 Å². The minimum absolute atomic E-state index is 0.728. The van der Waals surface area contributed by atoms with Crippen LogP contribution in [0.4, 0.5) is 0 Å². The van der Waals surface area contributed by atoms with E-state index in [4.69, 9.17) is 0 Å². The maximum atomic E-state index is 2.66. The second-order valence-electron chi connectivity index (χ2n) is 28.3. The van der Waals surface area contributed by atoms with Crippen molar-refractivity contribution in [3.63, 3.8) is 0 Å². The van der Waals surface area contributed by atoms with Gasteiger partial charge in [-0.05, 0) is 119 Å². The third-order valence-corrected chi connectivity index (χ3v) is 26.7. The summed E-state index contributed by atoms with van der Waals surface area (Å²) in [5, 5.41) is 8.23. The lowest BCUT2D eigenvalue weighted by Gasteiger charge is -2.17. The van der Waals surface area contributed by atoms with Crippen LogP contribution in [0.25, 0.3) is 81.4 Å². The van der Waals surface area contributed by atoms with E-state index in [1.807, 2.05) is 11.3 Å². The Morgan fingerprint density at radius 1 is 0.275 bits per heavy atom. The molecule has 9 aromatic rings. The second-order valence-corrected chi connectivity index (χ2v) is 33.8. The average Bonchev–Trinajstić information content (AvgIpc) is 1.62. The summed E-state index contributed by atoms with van der Waals surface area (Å²) in [6, 6.07) is 39.1. The van der Waals surface area contributed by atoms with Crippen LogP contribution < -0.4 is 0 Å². The maximum Gasteiger partial charge on any atom is 0.0481 e.